The Kier molecular flexibility index (Phi) is 3.46. The first-order valence-corrected chi connectivity index (χ1v) is 5.69. The molecule has 0 radical (unpaired) electrons. The maximum atomic E-state index is 12.9. The summed E-state index contributed by atoms with van der Waals surface area (Å²) in [6.07, 6.45) is 1.46. The highest BCUT2D eigenvalue weighted by atomic mass is 19.1. The van der Waals surface area contributed by atoms with Crippen molar-refractivity contribution in [2.45, 2.75) is 0 Å². The number of carbonyl (C=O) groups excluding carboxylic acids is 1. The summed E-state index contributed by atoms with van der Waals surface area (Å²) in [6, 6.07) is 8.30. The summed E-state index contributed by atoms with van der Waals surface area (Å²) in [7, 11) is 3.27. The van der Waals surface area contributed by atoms with Gasteiger partial charge in [0.2, 0.25) is 0 Å². The molecule has 19 heavy (non-hydrogen) atoms. The maximum Gasteiger partial charge on any atom is 0.255 e. The lowest BCUT2D eigenvalue weighted by Crippen LogP contribution is -2.25. The third-order valence-electron chi connectivity index (χ3n) is 2.67. The zero-order valence-electron chi connectivity index (χ0n) is 10.6. The van der Waals surface area contributed by atoms with Gasteiger partial charge < -0.3 is 4.90 Å². The molecule has 5 heteroatoms. The zero-order chi connectivity index (χ0) is 14.0. The van der Waals surface area contributed by atoms with Gasteiger partial charge in [-0.2, -0.15) is 0 Å². The van der Waals surface area contributed by atoms with Crippen molar-refractivity contribution in [3.8, 4) is 5.69 Å². The molecule has 0 aliphatic rings. The van der Waals surface area contributed by atoms with E-state index >= 15 is 0 Å². The largest absolute Gasteiger partial charge is 0.345 e. The quantitative estimate of drug-likeness (QED) is 0.824. The van der Waals surface area contributed by atoms with Crippen LogP contribution in [0.25, 0.3) is 5.69 Å². The molecule has 1 aromatic heterocycles. The fraction of sp³-hybridized carbons (Fsp3) is 0.143. The summed E-state index contributed by atoms with van der Waals surface area (Å²) < 4.78 is 14.2. The van der Waals surface area contributed by atoms with Crippen LogP contribution in [0.2, 0.25) is 0 Å². The molecule has 0 atom stereocenters. The molecule has 0 unspecified atom stereocenters. The molecule has 2 rings (SSSR count). The van der Waals surface area contributed by atoms with E-state index in [4.69, 9.17) is 0 Å². The fourth-order valence-electron chi connectivity index (χ4n) is 1.68. The van der Waals surface area contributed by atoms with Crippen LogP contribution in [-0.2, 0) is 0 Å². The summed E-state index contributed by atoms with van der Waals surface area (Å²) in [4.78, 5) is 25.1. The highest BCUT2D eigenvalue weighted by molar-refractivity contribution is 5.93. The van der Waals surface area contributed by atoms with Crippen molar-refractivity contribution in [2.75, 3.05) is 14.1 Å². The van der Waals surface area contributed by atoms with Crippen molar-refractivity contribution in [2.24, 2.45) is 0 Å². The van der Waals surface area contributed by atoms with Gasteiger partial charge in [-0.05, 0) is 30.3 Å². The van der Waals surface area contributed by atoms with Crippen LogP contribution in [0.5, 0.6) is 0 Å². The molecular formula is C14H13FN2O2. The second kappa shape index (κ2) is 5.06. The van der Waals surface area contributed by atoms with Crippen LogP contribution < -0.4 is 5.56 Å². The van der Waals surface area contributed by atoms with Gasteiger partial charge >= 0.3 is 0 Å². The molecule has 1 amide bonds. The molecule has 1 heterocycles. The Morgan fingerprint density at radius 2 is 1.74 bits per heavy atom. The first-order chi connectivity index (χ1) is 8.99. The third kappa shape index (κ3) is 2.70. The van der Waals surface area contributed by atoms with Crippen molar-refractivity contribution < 1.29 is 9.18 Å². The van der Waals surface area contributed by atoms with Gasteiger partial charge in [0.1, 0.15) is 5.82 Å². The standard InChI is InChI=1S/C14H13FN2O2/c1-16(2)14(19)10-3-8-13(18)17(9-10)12-6-4-11(15)5-7-12/h3-9H,1-2H3. The molecule has 0 N–H and O–H groups in total. The summed E-state index contributed by atoms with van der Waals surface area (Å²) in [5.41, 5.74) is 0.635. The average molecular weight is 260 g/mol. The predicted octanol–water partition coefficient (Wildman–Crippen LogP) is 1.68. The highest BCUT2D eigenvalue weighted by Gasteiger charge is 2.10. The number of nitrogens with zero attached hydrogens (tertiary/aromatic N) is 2. The second-order valence-corrected chi connectivity index (χ2v) is 4.30. The van der Waals surface area contributed by atoms with Crippen molar-refractivity contribution in [3.63, 3.8) is 0 Å². The lowest BCUT2D eigenvalue weighted by Gasteiger charge is -2.12. The minimum absolute atomic E-state index is 0.198. The van der Waals surface area contributed by atoms with E-state index in [1.54, 1.807) is 14.1 Å². The van der Waals surface area contributed by atoms with E-state index in [1.165, 1.54) is 52.1 Å². The van der Waals surface area contributed by atoms with Crippen LogP contribution in [0, 0.1) is 5.82 Å². The molecule has 0 saturated heterocycles. The summed E-state index contributed by atoms with van der Waals surface area (Å²) in [6.45, 7) is 0. The SMILES string of the molecule is CN(C)C(=O)c1ccc(=O)n(-c2ccc(F)cc2)c1. The average Bonchev–Trinajstić information content (AvgIpc) is 2.39. The highest BCUT2D eigenvalue weighted by Crippen LogP contribution is 2.08. The van der Waals surface area contributed by atoms with E-state index in [9.17, 15) is 14.0 Å². The molecule has 0 bridgehead atoms. The van der Waals surface area contributed by atoms with Gasteiger partial charge in [-0.15, -0.1) is 0 Å². The zero-order valence-corrected chi connectivity index (χ0v) is 10.6. The Bertz CT molecular complexity index is 660. The summed E-state index contributed by atoms with van der Waals surface area (Å²) in [5.74, 6) is -0.576. The fourth-order valence-corrected chi connectivity index (χ4v) is 1.68. The molecular weight excluding hydrogens is 247 g/mol. The molecule has 0 saturated carbocycles. The third-order valence-corrected chi connectivity index (χ3v) is 2.67. The minimum Gasteiger partial charge on any atom is -0.345 e. The number of aromatic nitrogens is 1. The van der Waals surface area contributed by atoms with Crippen LogP contribution in [0.4, 0.5) is 4.39 Å². The molecule has 2 aromatic rings. The van der Waals surface area contributed by atoms with Gasteiger partial charge in [0.25, 0.3) is 11.5 Å². The van der Waals surface area contributed by atoms with Crippen molar-refractivity contribution >= 4 is 5.91 Å². The number of carbonyl (C=O) groups is 1. The molecule has 0 aliphatic carbocycles. The second-order valence-electron chi connectivity index (χ2n) is 4.30. The van der Waals surface area contributed by atoms with Crippen molar-refractivity contribution in [3.05, 3.63) is 64.3 Å². The molecule has 0 aliphatic heterocycles. The minimum atomic E-state index is -0.377. The lowest BCUT2D eigenvalue weighted by atomic mass is 10.2. The monoisotopic (exact) mass is 260 g/mol. The molecule has 1 aromatic carbocycles. The van der Waals surface area contributed by atoms with Crippen LogP contribution in [0.15, 0.2) is 47.4 Å². The van der Waals surface area contributed by atoms with E-state index in [0.717, 1.165) is 0 Å². The van der Waals surface area contributed by atoms with E-state index in [0.29, 0.717) is 11.3 Å². The Labute approximate surface area is 109 Å². The van der Waals surface area contributed by atoms with E-state index in [1.807, 2.05) is 0 Å². The summed E-state index contributed by atoms with van der Waals surface area (Å²) in [5, 5.41) is 0. The van der Waals surface area contributed by atoms with Crippen LogP contribution >= 0.6 is 0 Å². The van der Waals surface area contributed by atoms with E-state index in [2.05, 4.69) is 0 Å². The van der Waals surface area contributed by atoms with Gasteiger partial charge in [-0.1, -0.05) is 0 Å². The van der Waals surface area contributed by atoms with Gasteiger partial charge in [0.05, 0.1) is 5.56 Å². The number of pyridine rings is 1. The van der Waals surface area contributed by atoms with E-state index < -0.39 is 0 Å². The Balaban J connectivity index is 2.51. The normalized spacial score (nSPS) is 10.3. The Morgan fingerprint density at radius 3 is 2.32 bits per heavy atom. The molecule has 0 spiro atoms. The maximum absolute atomic E-state index is 12.9. The van der Waals surface area contributed by atoms with E-state index in [-0.39, 0.29) is 17.3 Å². The van der Waals surface area contributed by atoms with Gasteiger partial charge in [-0.3, -0.25) is 14.2 Å². The number of halogens is 1. The smallest absolute Gasteiger partial charge is 0.255 e. The Morgan fingerprint density at radius 1 is 1.11 bits per heavy atom. The first-order valence-electron chi connectivity index (χ1n) is 5.69. The molecule has 4 nitrogen and oxygen atoms in total. The van der Waals surface area contributed by atoms with Gasteiger partial charge in [0.15, 0.2) is 0 Å². The van der Waals surface area contributed by atoms with Crippen molar-refractivity contribution in [1.29, 1.82) is 0 Å². The van der Waals surface area contributed by atoms with Crippen LogP contribution in [0.1, 0.15) is 10.4 Å². The van der Waals surface area contributed by atoms with Gasteiger partial charge in [-0.25, -0.2) is 4.39 Å². The van der Waals surface area contributed by atoms with Gasteiger partial charge in [0, 0.05) is 32.0 Å². The number of benzene rings is 1. The topological polar surface area (TPSA) is 42.3 Å². The molecule has 0 fully saturated rings. The predicted molar refractivity (Wildman–Crippen MR) is 70.0 cm³/mol. The van der Waals surface area contributed by atoms with Crippen LogP contribution in [0.3, 0.4) is 0 Å². The summed E-state index contributed by atoms with van der Waals surface area (Å²) >= 11 is 0. The number of rotatable bonds is 2. The number of hydrogen-bond donors (Lipinski definition) is 0. The first kappa shape index (κ1) is 13.0. The van der Waals surface area contributed by atoms with Crippen molar-refractivity contribution in [1.82, 2.24) is 9.47 Å². The van der Waals surface area contributed by atoms with Crippen LogP contribution in [-0.4, -0.2) is 29.5 Å². The number of hydrogen-bond acceptors (Lipinski definition) is 2. The molecule has 98 valence electrons. The number of amides is 1. The lowest BCUT2D eigenvalue weighted by molar-refractivity contribution is 0.0827. The Hall–Kier alpha value is -2.43.